The van der Waals surface area contributed by atoms with Crippen molar-refractivity contribution in [3.8, 4) is 5.75 Å². The molecule has 0 saturated heterocycles. The second-order valence-electron chi connectivity index (χ2n) is 3.91. The van der Waals surface area contributed by atoms with E-state index in [0.29, 0.717) is 22.7 Å². The molecular formula is C15H12N2O3. The third kappa shape index (κ3) is 3.10. The number of amides is 1. The SMILES string of the molecule is COc1ccccc1C(=O)Nc1cccc(N=C=O)c1. The maximum Gasteiger partial charge on any atom is 0.259 e. The summed E-state index contributed by atoms with van der Waals surface area (Å²) in [6.45, 7) is 0. The van der Waals surface area contributed by atoms with Crippen molar-refractivity contribution in [2.45, 2.75) is 0 Å². The number of carbonyl (C=O) groups excluding carboxylic acids is 2. The predicted octanol–water partition coefficient (Wildman–Crippen LogP) is 2.91. The number of hydrogen-bond acceptors (Lipinski definition) is 4. The lowest BCUT2D eigenvalue weighted by molar-refractivity contribution is 0.102. The van der Waals surface area contributed by atoms with Crippen LogP contribution >= 0.6 is 0 Å². The summed E-state index contributed by atoms with van der Waals surface area (Å²) in [5, 5.41) is 2.72. The number of isocyanates is 1. The molecule has 1 amide bonds. The summed E-state index contributed by atoms with van der Waals surface area (Å²) in [6.07, 6.45) is 1.46. The summed E-state index contributed by atoms with van der Waals surface area (Å²) < 4.78 is 5.14. The Labute approximate surface area is 115 Å². The molecule has 0 heterocycles. The van der Waals surface area contributed by atoms with Crippen molar-refractivity contribution in [2.75, 3.05) is 12.4 Å². The van der Waals surface area contributed by atoms with Gasteiger partial charge in [0.2, 0.25) is 6.08 Å². The number of methoxy groups -OCH3 is 1. The zero-order chi connectivity index (χ0) is 14.4. The molecule has 5 heteroatoms. The van der Waals surface area contributed by atoms with Crippen LogP contribution in [0, 0.1) is 0 Å². The number of nitrogens with one attached hydrogen (secondary N) is 1. The van der Waals surface area contributed by atoms with Crippen LogP contribution < -0.4 is 10.1 Å². The molecule has 0 bridgehead atoms. The van der Waals surface area contributed by atoms with Gasteiger partial charge in [-0.1, -0.05) is 18.2 Å². The van der Waals surface area contributed by atoms with Gasteiger partial charge in [0.15, 0.2) is 0 Å². The highest BCUT2D eigenvalue weighted by Gasteiger charge is 2.11. The summed E-state index contributed by atoms with van der Waals surface area (Å²) in [4.78, 5) is 25.9. The van der Waals surface area contributed by atoms with Gasteiger partial charge in [-0.05, 0) is 30.3 Å². The average Bonchev–Trinajstić information content (AvgIpc) is 2.48. The predicted molar refractivity (Wildman–Crippen MR) is 75.2 cm³/mol. The minimum absolute atomic E-state index is 0.297. The number of carbonyl (C=O) groups is 1. The summed E-state index contributed by atoms with van der Waals surface area (Å²) in [5.41, 5.74) is 1.40. The van der Waals surface area contributed by atoms with Crippen LogP contribution in [-0.4, -0.2) is 19.1 Å². The number of ether oxygens (including phenoxy) is 1. The highest BCUT2D eigenvalue weighted by molar-refractivity contribution is 6.06. The lowest BCUT2D eigenvalue weighted by Crippen LogP contribution is -2.12. The number of rotatable bonds is 4. The highest BCUT2D eigenvalue weighted by Crippen LogP contribution is 2.21. The van der Waals surface area contributed by atoms with Crippen LogP contribution in [-0.2, 0) is 4.79 Å². The first-order chi connectivity index (χ1) is 9.74. The van der Waals surface area contributed by atoms with E-state index in [1.165, 1.54) is 13.2 Å². The molecule has 0 atom stereocenters. The van der Waals surface area contributed by atoms with E-state index >= 15 is 0 Å². The number of para-hydroxylation sites is 1. The van der Waals surface area contributed by atoms with Gasteiger partial charge in [0.25, 0.3) is 5.91 Å². The molecule has 0 unspecified atom stereocenters. The molecule has 0 spiro atoms. The lowest BCUT2D eigenvalue weighted by Gasteiger charge is -2.09. The number of benzene rings is 2. The van der Waals surface area contributed by atoms with E-state index in [4.69, 9.17) is 4.74 Å². The van der Waals surface area contributed by atoms with Crippen molar-refractivity contribution in [3.63, 3.8) is 0 Å². The average molecular weight is 268 g/mol. The summed E-state index contributed by atoms with van der Waals surface area (Å²) >= 11 is 0. The van der Waals surface area contributed by atoms with Crippen molar-refractivity contribution < 1.29 is 14.3 Å². The van der Waals surface area contributed by atoms with E-state index in [1.54, 1.807) is 48.5 Å². The number of hydrogen-bond donors (Lipinski definition) is 1. The maximum absolute atomic E-state index is 12.2. The van der Waals surface area contributed by atoms with E-state index in [1.807, 2.05) is 0 Å². The molecule has 0 aromatic heterocycles. The van der Waals surface area contributed by atoms with Gasteiger partial charge in [0.05, 0.1) is 18.4 Å². The Balaban J connectivity index is 2.23. The minimum atomic E-state index is -0.297. The van der Waals surface area contributed by atoms with Gasteiger partial charge in [-0.15, -0.1) is 0 Å². The number of nitrogens with zero attached hydrogens (tertiary/aromatic N) is 1. The molecule has 0 fully saturated rings. The van der Waals surface area contributed by atoms with E-state index in [0.717, 1.165) is 0 Å². The van der Waals surface area contributed by atoms with Gasteiger partial charge >= 0.3 is 0 Å². The van der Waals surface area contributed by atoms with Crippen LogP contribution in [0.4, 0.5) is 11.4 Å². The van der Waals surface area contributed by atoms with Crippen molar-refractivity contribution in [1.82, 2.24) is 0 Å². The standard InChI is InChI=1S/C15H12N2O3/c1-20-14-8-3-2-7-13(14)15(19)17-12-6-4-5-11(9-12)16-10-18/h2-9H,1H3,(H,17,19). The lowest BCUT2D eigenvalue weighted by atomic mass is 10.2. The Morgan fingerprint density at radius 3 is 2.75 bits per heavy atom. The van der Waals surface area contributed by atoms with Crippen LogP contribution in [0.25, 0.3) is 0 Å². The van der Waals surface area contributed by atoms with Crippen LogP contribution in [0.3, 0.4) is 0 Å². The minimum Gasteiger partial charge on any atom is -0.496 e. The van der Waals surface area contributed by atoms with E-state index < -0.39 is 0 Å². The Morgan fingerprint density at radius 2 is 2.00 bits per heavy atom. The van der Waals surface area contributed by atoms with Gasteiger partial charge in [-0.3, -0.25) is 4.79 Å². The van der Waals surface area contributed by atoms with Crippen LogP contribution in [0.2, 0.25) is 0 Å². The topological polar surface area (TPSA) is 67.8 Å². The first-order valence-corrected chi connectivity index (χ1v) is 5.87. The Hall–Kier alpha value is -2.91. The fourth-order valence-electron chi connectivity index (χ4n) is 1.74. The van der Waals surface area contributed by atoms with E-state index in [-0.39, 0.29) is 5.91 Å². The second kappa shape index (κ2) is 6.31. The highest BCUT2D eigenvalue weighted by atomic mass is 16.5. The molecule has 2 aromatic carbocycles. The summed E-state index contributed by atoms with van der Waals surface area (Å²) in [5.74, 6) is 0.196. The molecule has 100 valence electrons. The molecule has 0 aliphatic heterocycles. The van der Waals surface area contributed by atoms with Gasteiger partial charge in [0, 0.05) is 5.69 Å². The van der Waals surface area contributed by atoms with E-state index in [2.05, 4.69) is 10.3 Å². The Bertz CT molecular complexity index is 676. The third-order valence-corrected chi connectivity index (χ3v) is 2.63. The van der Waals surface area contributed by atoms with E-state index in [9.17, 15) is 9.59 Å². The largest absolute Gasteiger partial charge is 0.496 e. The van der Waals surface area contributed by atoms with Crippen LogP contribution in [0.1, 0.15) is 10.4 Å². The first-order valence-electron chi connectivity index (χ1n) is 5.87. The zero-order valence-corrected chi connectivity index (χ0v) is 10.8. The molecule has 0 radical (unpaired) electrons. The molecule has 2 aromatic rings. The van der Waals surface area contributed by atoms with Crippen molar-refractivity contribution >= 4 is 23.4 Å². The third-order valence-electron chi connectivity index (χ3n) is 2.63. The molecule has 0 aliphatic carbocycles. The molecule has 20 heavy (non-hydrogen) atoms. The Morgan fingerprint density at radius 1 is 1.20 bits per heavy atom. The van der Waals surface area contributed by atoms with Crippen LogP contribution in [0.15, 0.2) is 53.5 Å². The molecule has 5 nitrogen and oxygen atoms in total. The van der Waals surface area contributed by atoms with Crippen molar-refractivity contribution in [2.24, 2.45) is 4.99 Å². The quantitative estimate of drug-likeness (QED) is 0.684. The molecule has 2 rings (SSSR count). The van der Waals surface area contributed by atoms with Gasteiger partial charge in [-0.25, -0.2) is 4.79 Å². The molecule has 0 saturated carbocycles. The van der Waals surface area contributed by atoms with Crippen LogP contribution in [0.5, 0.6) is 5.75 Å². The van der Waals surface area contributed by atoms with Gasteiger partial charge in [0.1, 0.15) is 5.75 Å². The smallest absolute Gasteiger partial charge is 0.259 e. The monoisotopic (exact) mass is 268 g/mol. The number of aliphatic imine (C=N–C) groups is 1. The van der Waals surface area contributed by atoms with Gasteiger partial charge < -0.3 is 10.1 Å². The maximum atomic E-state index is 12.2. The number of anilines is 1. The summed E-state index contributed by atoms with van der Waals surface area (Å²) in [6, 6.07) is 13.5. The summed E-state index contributed by atoms with van der Waals surface area (Å²) in [7, 11) is 1.51. The molecule has 0 aliphatic rings. The van der Waals surface area contributed by atoms with Crippen molar-refractivity contribution in [3.05, 3.63) is 54.1 Å². The molecule has 1 N–H and O–H groups in total. The molecular weight excluding hydrogens is 256 g/mol. The normalized spacial score (nSPS) is 9.45. The fraction of sp³-hybridized carbons (Fsp3) is 0.0667. The van der Waals surface area contributed by atoms with Gasteiger partial charge in [-0.2, -0.15) is 4.99 Å². The Kier molecular flexibility index (Phi) is 4.27. The second-order valence-corrected chi connectivity index (χ2v) is 3.91. The zero-order valence-electron chi connectivity index (χ0n) is 10.8. The van der Waals surface area contributed by atoms with Crippen molar-refractivity contribution in [1.29, 1.82) is 0 Å². The first kappa shape index (κ1) is 13.5. The fourth-order valence-corrected chi connectivity index (χ4v) is 1.74.